The van der Waals surface area contributed by atoms with E-state index in [2.05, 4.69) is 17.4 Å². The number of benzene rings is 2. The minimum Gasteiger partial charge on any atom is -0.497 e. The molecule has 0 saturated carbocycles. The van der Waals surface area contributed by atoms with Crippen LogP contribution in [0.5, 0.6) is 5.75 Å². The van der Waals surface area contributed by atoms with Crippen molar-refractivity contribution in [1.29, 1.82) is 0 Å². The molecule has 0 fully saturated rings. The van der Waals surface area contributed by atoms with E-state index in [1.165, 1.54) is 0 Å². The number of carbonyl (C=O) groups is 1. The number of alkyl carbamates (subject to hydrolysis) is 1. The average molecular weight is 313 g/mol. The highest BCUT2D eigenvalue weighted by Gasteiger charge is 2.14. The van der Waals surface area contributed by atoms with Crippen molar-refractivity contribution < 1.29 is 14.3 Å². The molecule has 2 aromatic carbocycles. The molecule has 4 nitrogen and oxygen atoms in total. The van der Waals surface area contributed by atoms with Crippen molar-refractivity contribution in [2.75, 3.05) is 13.7 Å². The zero-order valence-electron chi connectivity index (χ0n) is 14.1. The van der Waals surface area contributed by atoms with Gasteiger partial charge in [-0.05, 0) is 55.3 Å². The van der Waals surface area contributed by atoms with Crippen molar-refractivity contribution in [3.8, 4) is 5.75 Å². The highest BCUT2D eigenvalue weighted by Crippen LogP contribution is 2.22. The van der Waals surface area contributed by atoms with Crippen LogP contribution >= 0.6 is 0 Å². The first-order chi connectivity index (χ1) is 10.9. The summed E-state index contributed by atoms with van der Waals surface area (Å²) in [6.07, 6.45) is 3.46. The Morgan fingerprint density at radius 2 is 1.83 bits per heavy atom. The van der Waals surface area contributed by atoms with Gasteiger partial charge in [0.15, 0.2) is 0 Å². The van der Waals surface area contributed by atoms with Crippen molar-refractivity contribution in [2.24, 2.45) is 0 Å². The molecule has 2 rings (SSSR count). The molecule has 2 aromatic rings. The first-order valence-electron chi connectivity index (χ1n) is 7.58. The number of ether oxygens (including phenoxy) is 2. The van der Waals surface area contributed by atoms with Gasteiger partial charge in [0.25, 0.3) is 0 Å². The van der Waals surface area contributed by atoms with Crippen molar-refractivity contribution in [2.45, 2.75) is 26.4 Å². The number of hydrogen-bond acceptors (Lipinski definition) is 3. The summed E-state index contributed by atoms with van der Waals surface area (Å²) in [5, 5.41) is 4.98. The standard InChI is InChI=1S/C19H23NO3/c1-19(2,3)23-18(21)20-11-5-6-14-7-8-16-13-17(22-4)10-9-15(16)12-14/h5-10,12-13H,11H2,1-4H3,(H,20,21). The highest BCUT2D eigenvalue weighted by molar-refractivity contribution is 5.86. The van der Waals surface area contributed by atoms with Gasteiger partial charge < -0.3 is 14.8 Å². The Hall–Kier alpha value is -2.49. The van der Waals surface area contributed by atoms with Gasteiger partial charge in [-0.25, -0.2) is 4.79 Å². The second kappa shape index (κ2) is 7.18. The largest absolute Gasteiger partial charge is 0.497 e. The molecule has 122 valence electrons. The third-order valence-corrected chi connectivity index (χ3v) is 3.14. The van der Waals surface area contributed by atoms with Crippen LogP contribution in [0.1, 0.15) is 26.3 Å². The van der Waals surface area contributed by atoms with Crippen LogP contribution in [-0.4, -0.2) is 25.3 Å². The summed E-state index contributed by atoms with van der Waals surface area (Å²) in [4.78, 5) is 11.5. The van der Waals surface area contributed by atoms with Crippen LogP contribution < -0.4 is 10.1 Å². The van der Waals surface area contributed by atoms with Crippen LogP contribution in [0.15, 0.2) is 42.5 Å². The second-order valence-corrected chi connectivity index (χ2v) is 6.26. The zero-order valence-corrected chi connectivity index (χ0v) is 14.1. The number of carbonyl (C=O) groups excluding carboxylic acids is 1. The van der Waals surface area contributed by atoms with Crippen molar-refractivity contribution in [3.63, 3.8) is 0 Å². The van der Waals surface area contributed by atoms with E-state index in [0.717, 1.165) is 22.1 Å². The van der Waals surface area contributed by atoms with Crippen LogP contribution in [0, 0.1) is 0 Å². The van der Waals surface area contributed by atoms with Gasteiger partial charge >= 0.3 is 6.09 Å². The number of amides is 1. The fourth-order valence-electron chi connectivity index (χ4n) is 2.12. The summed E-state index contributed by atoms with van der Waals surface area (Å²) in [5.41, 5.74) is 0.598. The second-order valence-electron chi connectivity index (χ2n) is 6.26. The molecule has 0 heterocycles. The van der Waals surface area contributed by atoms with Crippen molar-refractivity contribution in [3.05, 3.63) is 48.0 Å². The summed E-state index contributed by atoms with van der Waals surface area (Å²) < 4.78 is 10.4. The molecular formula is C19H23NO3. The van der Waals surface area contributed by atoms with Gasteiger partial charge in [-0.1, -0.05) is 30.4 Å². The van der Waals surface area contributed by atoms with Crippen LogP contribution in [0.3, 0.4) is 0 Å². The minimum atomic E-state index is -0.479. The minimum absolute atomic E-state index is 0.409. The monoisotopic (exact) mass is 313 g/mol. The normalized spacial score (nSPS) is 11.7. The maximum absolute atomic E-state index is 11.5. The molecule has 0 saturated heterocycles. The van der Waals surface area contributed by atoms with Gasteiger partial charge in [-0.2, -0.15) is 0 Å². The van der Waals surface area contributed by atoms with E-state index in [-0.39, 0.29) is 0 Å². The maximum atomic E-state index is 11.5. The fraction of sp³-hybridized carbons (Fsp3) is 0.316. The summed E-state index contributed by atoms with van der Waals surface area (Å²) in [5.74, 6) is 0.849. The van der Waals surface area contributed by atoms with Gasteiger partial charge in [-0.3, -0.25) is 0 Å². The van der Waals surface area contributed by atoms with Gasteiger partial charge in [0, 0.05) is 6.54 Å². The molecule has 1 N–H and O–H groups in total. The van der Waals surface area contributed by atoms with Gasteiger partial charge in [0.1, 0.15) is 11.4 Å². The van der Waals surface area contributed by atoms with Crippen LogP contribution in [0.4, 0.5) is 4.79 Å². The summed E-state index contributed by atoms with van der Waals surface area (Å²) in [6.45, 7) is 5.95. The molecule has 0 radical (unpaired) electrons. The van der Waals surface area contributed by atoms with E-state index in [4.69, 9.17) is 9.47 Å². The van der Waals surface area contributed by atoms with E-state index < -0.39 is 11.7 Å². The molecule has 0 aliphatic heterocycles. The van der Waals surface area contributed by atoms with E-state index in [0.29, 0.717) is 6.54 Å². The fourth-order valence-corrected chi connectivity index (χ4v) is 2.12. The Morgan fingerprint density at radius 1 is 1.13 bits per heavy atom. The van der Waals surface area contributed by atoms with E-state index in [1.54, 1.807) is 7.11 Å². The first-order valence-corrected chi connectivity index (χ1v) is 7.58. The lowest BCUT2D eigenvalue weighted by atomic mass is 10.1. The summed E-state index contributed by atoms with van der Waals surface area (Å²) >= 11 is 0. The van der Waals surface area contributed by atoms with Crippen LogP contribution in [0.25, 0.3) is 16.8 Å². The predicted molar refractivity (Wildman–Crippen MR) is 93.8 cm³/mol. The third-order valence-electron chi connectivity index (χ3n) is 3.14. The molecule has 0 atom stereocenters. The van der Waals surface area contributed by atoms with Crippen molar-refractivity contribution in [1.82, 2.24) is 5.32 Å². The van der Waals surface area contributed by atoms with E-state index >= 15 is 0 Å². The molecular weight excluding hydrogens is 290 g/mol. The zero-order chi connectivity index (χ0) is 16.9. The number of fused-ring (bicyclic) bond motifs is 1. The quantitative estimate of drug-likeness (QED) is 0.911. The molecule has 0 unspecified atom stereocenters. The number of hydrogen-bond donors (Lipinski definition) is 1. The molecule has 0 bridgehead atoms. The highest BCUT2D eigenvalue weighted by atomic mass is 16.6. The summed E-state index contributed by atoms with van der Waals surface area (Å²) in [7, 11) is 1.66. The Balaban J connectivity index is 1.95. The lowest BCUT2D eigenvalue weighted by Crippen LogP contribution is -2.32. The smallest absolute Gasteiger partial charge is 0.407 e. The Bertz CT molecular complexity index is 714. The Morgan fingerprint density at radius 3 is 2.52 bits per heavy atom. The Labute approximate surface area is 137 Å². The lowest BCUT2D eigenvalue weighted by Gasteiger charge is -2.19. The SMILES string of the molecule is COc1ccc2cc(C=CCNC(=O)OC(C)(C)C)ccc2c1. The molecule has 1 amide bonds. The molecule has 23 heavy (non-hydrogen) atoms. The first kappa shape index (κ1) is 16.9. The van der Waals surface area contributed by atoms with E-state index in [9.17, 15) is 4.79 Å². The molecule has 0 spiro atoms. The predicted octanol–water partition coefficient (Wildman–Crippen LogP) is 4.39. The maximum Gasteiger partial charge on any atom is 0.407 e. The van der Waals surface area contributed by atoms with Gasteiger partial charge in [-0.15, -0.1) is 0 Å². The van der Waals surface area contributed by atoms with E-state index in [1.807, 2.05) is 57.2 Å². The topological polar surface area (TPSA) is 47.6 Å². The lowest BCUT2D eigenvalue weighted by molar-refractivity contribution is 0.0534. The Kier molecular flexibility index (Phi) is 5.27. The third kappa shape index (κ3) is 5.33. The molecule has 0 aliphatic carbocycles. The molecule has 0 aliphatic rings. The van der Waals surface area contributed by atoms with Gasteiger partial charge in [0.2, 0.25) is 0 Å². The van der Waals surface area contributed by atoms with Crippen LogP contribution in [-0.2, 0) is 4.74 Å². The number of rotatable bonds is 4. The van der Waals surface area contributed by atoms with Crippen LogP contribution in [0.2, 0.25) is 0 Å². The average Bonchev–Trinajstić information content (AvgIpc) is 2.49. The summed E-state index contributed by atoms with van der Waals surface area (Å²) in [6, 6.07) is 12.2. The van der Waals surface area contributed by atoms with Crippen molar-refractivity contribution >= 4 is 22.9 Å². The number of nitrogens with one attached hydrogen (secondary N) is 1. The van der Waals surface area contributed by atoms with Gasteiger partial charge in [0.05, 0.1) is 7.11 Å². The number of methoxy groups -OCH3 is 1. The molecule has 0 aromatic heterocycles. The molecule has 4 heteroatoms.